The average molecular weight is 440 g/mol. The molecular weight excluding hydrogens is 414 g/mol. The quantitative estimate of drug-likeness (QED) is 0.227. The molecule has 30 heavy (non-hydrogen) atoms. The largest absolute Gasteiger partial charge is 0.395 e. The monoisotopic (exact) mass is 439 g/mol. The summed E-state index contributed by atoms with van der Waals surface area (Å²) in [5.74, 6) is 2.24. The predicted octanol–water partition coefficient (Wildman–Crippen LogP) is 3.94. The van der Waals surface area contributed by atoms with Gasteiger partial charge in [-0.15, -0.1) is 0 Å². The molecule has 0 unspecified atom stereocenters. The number of fused-ring (bicyclic) bond motifs is 1. The lowest BCUT2D eigenvalue weighted by atomic mass is 10.0. The SMILES string of the molecule is OCCNc1cc(NSc2ccc3c(c2)CNCC3)nc(SCc2ccccc2)n1. The van der Waals surface area contributed by atoms with Gasteiger partial charge in [-0.1, -0.05) is 48.2 Å². The Bertz CT molecular complexity index is 971. The van der Waals surface area contributed by atoms with Crippen LogP contribution in [-0.4, -0.2) is 34.8 Å². The molecule has 1 aliphatic heterocycles. The molecule has 156 valence electrons. The first-order valence-corrected chi connectivity index (χ1v) is 11.8. The molecule has 4 rings (SSSR count). The molecule has 0 bridgehead atoms. The summed E-state index contributed by atoms with van der Waals surface area (Å²) in [6.07, 6.45) is 1.08. The van der Waals surface area contributed by atoms with Crippen LogP contribution in [0.5, 0.6) is 0 Å². The topological polar surface area (TPSA) is 82.1 Å². The predicted molar refractivity (Wildman–Crippen MR) is 125 cm³/mol. The van der Waals surface area contributed by atoms with Gasteiger partial charge in [0, 0.05) is 29.8 Å². The third kappa shape index (κ3) is 5.89. The number of nitrogens with zero attached hydrogens (tertiary/aromatic N) is 2. The number of nitrogens with one attached hydrogen (secondary N) is 3. The summed E-state index contributed by atoms with van der Waals surface area (Å²) in [7, 11) is 0. The van der Waals surface area contributed by atoms with Crippen molar-refractivity contribution in [3.63, 3.8) is 0 Å². The Morgan fingerprint density at radius 3 is 2.73 bits per heavy atom. The molecule has 0 amide bonds. The molecule has 0 atom stereocenters. The lowest BCUT2D eigenvalue weighted by Crippen LogP contribution is -2.23. The van der Waals surface area contributed by atoms with Crippen LogP contribution in [0.2, 0.25) is 0 Å². The maximum absolute atomic E-state index is 9.13. The molecule has 1 aliphatic rings. The number of rotatable bonds is 9. The molecule has 0 saturated heterocycles. The first-order valence-electron chi connectivity index (χ1n) is 9.96. The molecule has 6 nitrogen and oxygen atoms in total. The fourth-order valence-corrected chi connectivity index (χ4v) is 4.65. The Balaban J connectivity index is 1.45. The van der Waals surface area contributed by atoms with Gasteiger partial charge in [0.05, 0.1) is 6.61 Å². The van der Waals surface area contributed by atoms with Crippen molar-refractivity contribution < 1.29 is 5.11 Å². The third-order valence-electron chi connectivity index (χ3n) is 4.67. The van der Waals surface area contributed by atoms with Crippen LogP contribution in [0.25, 0.3) is 0 Å². The van der Waals surface area contributed by atoms with Gasteiger partial charge >= 0.3 is 0 Å². The van der Waals surface area contributed by atoms with Gasteiger partial charge in [-0.3, -0.25) is 0 Å². The van der Waals surface area contributed by atoms with Crippen LogP contribution in [0, 0.1) is 0 Å². The third-order valence-corrected chi connectivity index (χ3v) is 6.39. The first-order chi connectivity index (χ1) is 14.8. The van der Waals surface area contributed by atoms with E-state index in [0.717, 1.165) is 36.0 Å². The van der Waals surface area contributed by atoms with Crippen LogP contribution in [-0.2, 0) is 18.7 Å². The smallest absolute Gasteiger partial charge is 0.191 e. The molecule has 8 heteroatoms. The Morgan fingerprint density at radius 1 is 1.00 bits per heavy atom. The van der Waals surface area contributed by atoms with Gasteiger partial charge in [-0.25, -0.2) is 9.97 Å². The van der Waals surface area contributed by atoms with Crippen LogP contribution in [0.15, 0.2) is 64.6 Å². The van der Waals surface area contributed by atoms with Crippen molar-refractivity contribution in [2.24, 2.45) is 0 Å². The molecule has 3 aromatic rings. The Kier molecular flexibility index (Phi) is 7.47. The van der Waals surface area contributed by atoms with Crippen molar-refractivity contribution in [1.29, 1.82) is 0 Å². The summed E-state index contributed by atoms with van der Waals surface area (Å²) in [5.41, 5.74) is 4.02. The Morgan fingerprint density at radius 2 is 1.87 bits per heavy atom. The van der Waals surface area contributed by atoms with Gasteiger partial charge in [0.2, 0.25) is 0 Å². The number of aromatic nitrogens is 2. The molecule has 0 aliphatic carbocycles. The van der Waals surface area contributed by atoms with Crippen LogP contribution >= 0.6 is 23.7 Å². The van der Waals surface area contributed by atoms with E-state index in [9.17, 15) is 0 Å². The highest BCUT2D eigenvalue weighted by atomic mass is 32.2. The number of aliphatic hydroxyl groups excluding tert-OH is 1. The molecule has 4 N–H and O–H groups in total. The van der Waals surface area contributed by atoms with Crippen molar-refractivity contribution >= 4 is 35.3 Å². The van der Waals surface area contributed by atoms with Crippen molar-refractivity contribution in [2.45, 2.75) is 28.8 Å². The van der Waals surface area contributed by atoms with E-state index in [-0.39, 0.29) is 6.61 Å². The Hall–Kier alpha value is -2.26. The number of thioether (sulfide) groups is 1. The fourth-order valence-electron chi connectivity index (χ4n) is 3.17. The fraction of sp³-hybridized carbons (Fsp3) is 0.273. The zero-order valence-corrected chi connectivity index (χ0v) is 18.2. The van der Waals surface area contributed by atoms with Crippen LogP contribution in [0.3, 0.4) is 0 Å². The second-order valence-electron chi connectivity index (χ2n) is 6.91. The highest BCUT2D eigenvalue weighted by Crippen LogP contribution is 2.27. The zero-order valence-electron chi connectivity index (χ0n) is 16.6. The second-order valence-corrected chi connectivity index (χ2v) is 8.73. The van der Waals surface area contributed by atoms with Gasteiger partial charge in [0.25, 0.3) is 0 Å². The van der Waals surface area contributed by atoms with E-state index in [2.05, 4.69) is 55.7 Å². The van der Waals surface area contributed by atoms with E-state index >= 15 is 0 Å². The summed E-state index contributed by atoms with van der Waals surface area (Å²) in [4.78, 5) is 10.4. The molecule has 2 heterocycles. The van der Waals surface area contributed by atoms with Gasteiger partial charge in [0.15, 0.2) is 5.16 Å². The van der Waals surface area contributed by atoms with Crippen molar-refractivity contribution in [2.75, 3.05) is 29.7 Å². The van der Waals surface area contributed by atoms with Crippen LogP contribution < -0.4 is 15.4 Å². The molecule has 0 radical (unpaired) electrons. The molecule has 1 aromatic heterocycles. The van der Waals surface area contributed by atoms with Crippen molar-refractivity contribution in [3.8, 4) is 0 Å². The minimum absolute atomic E-state index is 0.0527. The molecule has 0 fully saturated rings. The zero-order chi connectivity index (χ0) is 20.6. The maximum Gasteiger partial charge on any atom is 0.191 e. The number of hydrogen-bond donors (Lipinski definition) is 4. The molecule has 0 spiro atoms. The van der Waals surface area contributed by atoms with E-state index in [1.807, 2.05) is 24.3 Å². The summed E-state index contributed by atoms with van der Waals surface area (Å²) in [6.45, 7) is 2.47. The number of aliphatic hydroxyl groups is 1. The van der Waals surface area contributed by atoms with E-state index < -0.39 is 0 Å². The lowest BCUT2D eigenvalue weighted by Gasteiger charge is -2.17. The molecule has 0 saturated carbocycles. The first kappa shape index (κ1) is 21.0. The van der Waals surface area contributed by atoms with Gasteiger partial charge in [-0.2, -0.15) is 0 Å². The summed E-state index contributed by atoms with van der Waals surface area (Å²) in [6, 6.07) is 18.8. The minimum Gasteiger partial charge on any atom is -0.395 e. The lowest BCUT2D eigenvalue weighted by molar-refractivity contribution is 0.311. The molecular formula is C22H25N5OS2. The standard InChI is InChI=1S/C22H25N5OS2/c28-11-10-24-20-13-21(26-22(25-20)29-15-16-4-2-1-3-5-16)27-30-19-7-6-17-8-9-23-14-18(17)12-19/h1-7,12-13,23,28H,8-11,14-15H2,(H2,24,25,26,27). The number of hydrogen-bond acceptors (Lipinski definition) is 8. The summed E-state index contributed by atoms with van der Waals surface area (Å²) >= 11 is 3.14. The van der Waals surface area contributed by atoms with Crippen LogP contribution in [0.4, 0.5) is 11.6 Å². The normalized spacial score (nSPS) is 13.0. The van der Waals surface area contributed by atoms with E-state index in [1.54, 1.807) is 23.7 Å². The van der Waals surface area contributed by atoms with Gasteiger partial charge in [-0.05, 0) is 53.7 Å². The van der Waals surface area contributed by atoms with E-state index in [4.69, 9.17) is 5.11 Å². The van der Waals surface area contributed by atoms with Gasteiger partial charge < -0.3 is 20.5 Å². The second kappa shape index (κ2) is 10.7. The highest BCUT2D eigenvalue weighted by Gasteiger charge is 2.10. The van der Waals surface area contributed by atoms with Crippen LogP contribution in [0.1, 0.15) is 16.7 Å². The van der Waals surface area contributed by atoms with Crippen molar-refractivity contribution in [3.05, 3.63) is 71.3 Å². The summed E-state index contributed by atoms with van der Waals surface area (Å²) in [5, 5.41) is 16.4. The van der Waals surface area contributed by atoms with E-state index in [0.29, 0.717) is 17.5 Å². The van der Waals surface area contributed by atoms with E-state index in [1.165, 1.54) is 16.7 Å². The summed E-state index contributed by atoms with van der Waals surface area (Å²) < 4.78 is 3.35. The van der Waals surface area contributed by atoms with Gasteiger partial charge in [0.1, 0.15) is 11.6 Å². The number of anilines is 2. The average Bonchev–Trinajstić information content (AvgIpc) is 2.80. The molecule has 2 aromatic carbocycles. The number of benzene rings is 2. The minimum atomic E-state index is 0.0527. The van der Waals surface area contributed by atoms with Crippen molar-refractivity contribution in [1.82, 2.24) is 15.3 Å². The maximum atomic E-state index is 9.13. The Labute approximate surface area is 185 Å². The highest BCUT2D eigenvalue weighted by molar-refractivity contribution is 8.00.